The second-order valence-corrected chi connectivity index (χ2v) is 8.22. The van der Waals surface area contributed by atoms with E-state index in [1.165, 1.54) is 11.3 Å². The molecule has 4 rings (SSSR count). The van der Waals surface area contributed by atoms with E-state index in [4.69, 9.17) is 0 Å². The van der Waals surface area contributed by atoms with Gasteiger partial charge in [-0.3, -0.25) is 4.79 Å². The average Bonchev–Trinajstić information content (AvgIpc) is 3.51. The third kappa shape index (κ3) is 4.20. The lowest BCUT2D eigenvalue weighted by Gasteiger charge is -2.35. The summed E-state index contributed by atoms with van der Waals surface area (Å²) in [4.78, 5) is 29.1. The molecule has 3 aliphatic rings. The number of anilines is 1. The molecule has 0 bridgehead atoms. The van der Waals surface area contributed by atoms with E-state index in [1.54, 1.807) is 0 Å². The van der Waals surface area contributed by atoms with Crippen molar-refractivity contribution in [2.45, 2.75) is 44.1 Å². The third-order valence-electron chi connectivity index (χ3n) is 6.10. The fourth-order valence-corrected chi connectivity index (χ4v) is 4.26. The second-order valence-electron chi connectivity index (χ2n) is 8.22. The zero-order valence-electron chi connectivity index (χ0n) is 16.1. The number of carbonyl (C=O) groups is 2. The van der Waals surface area contributed by atoms with Crippen LogP contribution in [0.3, 0.4) is 0 Å². The van der Waals surface area contributed by atoms with Crippen molar-refractivity contribution in [2.75, 3.05) is 38.1 Å². The molecular weight excluding hydrogens is 340 g/mol. The number of amides is 3. The molecule has 27 heavy (non-hydrogen) atoms. The molecule has 6 heteroatoms. The van der Waals surface area contributed by atoms with E-state index in [0.29, 0.717) is 25.0 Å². The maximum atomic E-state index is 12.7. The van der Waals surface area contributed by atoms with Crippen LogP contribution in [0, 0.1) is 5.92 Å². The number of carbonyl (C=O) groups excluding carboxylic acids is 2. The van der Waals surface area contributed by atoms with Crippen LogP contribution in [0.15, 0.2) is 24.3 Å². The van der Waals surface area contributed by atoms with E-state index >= 15 is 0 Å². The van der Waals surface area contributed by atoms with Crippen molar-refractivity contribution in [3.63, 3.8) is 0 Å². The van der Waals surface area contributed by atoms with E-state index in [1.807, 2.05) is 4.90 Å². The minimum Gasteiger partial charge on any atom is -0.374 e. The topological polar surface area (TPSA) is 64.7 Å². The zero-order chi connectivity index (χ0) is 18.8. The molecule has 0 aromatic heterocycles. The van der Waals surface area contributed by atoms with Crippen LogP contribution in [0.4, 0.5) is 10.5 Å². The van der Waals surface area contributed by atoms with Crippen molar-refractivity contribution in [2.24, 2.45) is 5.92 Å². The zero-order valence-corrected chi connectivity index (χ0v) is 16.1. The highest BCUT2D eigenvalue weighted by Gasteiger charge is 2.32. The molecule has 1 aliphatic carbocycles. The fraction of sp³-hybridized carbons (Fsp3) is 0.619. The maximum Gasteiger partial charge on any atom is 0.317 e. The van der Waals surface area contributed by atoms with Gasteiger partial charge in [0.15, 0.2) is 0 Å². The Balaban J connectivity index is 1.31. The predicted octanol–water partition coefficient (Wildman–Crippen LogP) is 2.31. The van der Waals surface area contributed by atoms with E-state index in [-0.39, 0.29) is 17.9 Å². The second kappa shape index (κ2) is 7.79. The highest BCUT2D eigenvalue weighted by molar-refractivity contribution is 5.81. The van der Waals surface area contributed by atoms with Gasteiger partial charge in [0.25, 0.3) is 0 Å². The first-order valence-corrected chi connectivity index (χ1v) is 10.2. The summed E-state index contributed by atoms with van der Waals surface area (Å²) in [6.45, 7) is 2.93. The molecule has 2 atom stereocenters. The first-order valence-electron chi connectivity index (χ1n) is 10.2. The SMILES string of the molecule is CN1CC[C@H](CNC(=O)N2CCC[C@H](C(=O)NC3CC3)C2)c2ccccc21. The van der Waals surface area contributed by atoms with Crippen molar-refractivity contribution < 1.29 is 9.59 Å². The van der Waals surface area contributed by atoms with Gasteiger partial charge in [-0.1, -0.05) is 18.2 Å². The molecule has 3 amide bonds. The van der Waals surface area contributed by atoms with Crippen LogP contribution in [0.5, 0.6) is 0 Å². The maximum absolute atomic E-state index is 12.7. The van der Waals surface area contributed by atoms with Crippen LogP contribution in [-0.4, -0.2) is 56.1 Å². The van der Waals surface area contributed by atoms with Gasteiger partial charge in [0.1, 0.15) is 0 Å². The van der Waals surface area contributed by atoms with Crippen LogP contribution in [-0.2, 0) is 4.79 Å². The lowest BCUT2D eigenvalue weighted by Crippen LogP contribution is -2.50. The number of fused-ring (bicyclic) bond motifs is 1. The van der Waals surface area contributed by atoms with Gasteiger partial charge in [-0.25, -0.2) is 4.79 Å². The van der Waals surface area contributed by atoms with Gasteiger partial charge >= 0.3 is 6.03 Å². The van der Waals surface area contributed by atoms with Gasteiger partial charge in [-0.15, -0.1) is 0 Å². The molecule has 2 N–H and O–H groups in total. The number of hydrogen-bond donors (Lipinski definition) is 2. The summed E-state index contributed by atoms with van der Waals surface area (Å²) in [6, 6.07) is 8.80. The molecule has 1 aromatic rings. The minimum absolute atomic E-state index is 0.0321. The highest BCUT2D eigenvalue weighted by Crippen LogP contribution is 2.33. The van der Waals surface area contributed by atoms with Crippen molar-refractivity contribution in [1.82, 2.24) is 15.5 Å². The highest BCUT2D eigenvalue weighted by atomic mass is 16.2. The van der Waals surface area contributed by atoms with Crippen LogP contribution < -0.4 is 15.5 Å². The molecule has 0 radical (unpaired) electrons. The van der Waals surface area contributed by atoms with E-state index in [2.05, 4.69) is 46.8 Å². The smallest absolute Gasteiger partial charge is 0.317 e. The van der Waals surface area contributed by atoms with Crippen LogP contribution in [0.25, 0.3) is 0 Å². The molecule has 0 spiro atoms. The number of nitrogens with zero attached hydrogens (tertiary/aromatic N) is 2. The van der Waals surface area contributed by atoms with Crippen molar-refractivity contribution in [3.05, 3.63) is 29.8 Å². The van der Waals surface area contributed by atoms with E-state index in [0.717, 1.165) is 45.2 Å². The van der Waals surface area contributed by atoms with Crippen molar-refractivity contribution in [1.29, 1.82) is 0 Å². The van der Waals surface area contributed by atoms with Gasteiger partial charge in [-0.2, -0.15) is 0 Å². The molecule has 1 saturated carbocycles. The Kier molecular flexibility index (Phi) is 5.23. The van der Waals surface area contributed by atoms with Crippen molar-refractivity contribution >= 4 is 17.6 Å². The van der Waals surface area contributed by atoms with Gasteiger partial charge in [0, 0.05) is 50.9 Å². The monoisotopic (exact) mass is 370 g/mol. The number of nitrogens with one attached hydrogen (secondary N) is 2. The predicted molar refractivity (Wildman–Crippen MR) is 106 cm³/mol. The summed E-state index contributed by atoms with van der Waals surface area (Å²) < 4.78 is 0. The number of rotatable bonds is 4. The number of hydrogen-bond acceptors (Lipinski definition) is 3. The Bertz CT molecular complexity index is 703. The van der Waals surface area contributed by atoms with Crippen LogP contribution in [0.1, 0.15) is 43.6 Å². The average molecular weight is 370 g/mol. The minimum atomic E-state index is -0.0610. The number of urea groups is 1. The molecule has 1 saturated heterocycles. The molecule has 0 unspecified atom stereocenters. The largest absolute Gasteiger partial charge is 0.374 e. The molecule has 1 aromatic carbocycles. The molecule has 2 heterocycles. The first-order chi connectivity index (χ1) is 13.1. The quantitative estimate of drug-likeness (QED) is 0.855. The number of piperidine rings is 1. The van der Waals surface area contributed by atoms with Gasteiger partial charge in [0.05, 0.1) is 5.92 Å². The number of likely N-dealkylation sites (tertiary alicyclic amines) is 1. The van der Waals surface area contributed by atoms with Crippen molar-refractivity contribution in [3.8, 4) is 0 Å². The third-order valence-corrected chi connectivity index (χ3v) is 6.10. The summed E-state index contributed by atoms with van der Waals surface area (Å²) in [7, 11) is 2.12. The molecule has 6 nitrogen and oxygen atoms in total. The molecule has 2 aliphatic heterocycles. The number of para-hydroxylation sites is 1. The van der Waals surface area contributed by atoms with Crippen LogP contribution in [0.2, 0.25) is 0 Å². The standard InChI is InChI=1S/C21H30N4O2/c1-24-12-10-15(18-6-2-3-7-19(18)24)13-22-21(27)25-11-4-5-16(14-25)20(26)23-17-8-9-17/h2-3,6-7,15-17H,4-5,8-14H2,1H3,(H,22,27)(H,23,26)/t15-,16+/m1/s1. The van der Waals surface area contributed by atoms with E-state index < -0.39 is 0 Å². The summed E-state index contributed by atoms with van der Waals surface area (Å²) in [5.41, 5.74) is 2.57. The normalized spacial score (nSPS) is 24.9. The van der Waals surface area contributed by atoms with Gasteiger partial charge in [-0.05, 0) is 43.7 Å². The van der Waals surface area contributed by atoms with Gasteiger partial charge in [0.2, 0.25) is 5.91 Å². The lowest BCUT2D eigenvalue weighted by atomic mass is 9.90. The van der Waals surface area contributed by atoms with E-state index in [9.17, 15) is 9.59 Å². The first kappa shape index (κ1) is 18.1. The molecule has 146 valence electrons. The Labute approximate surface area is 161 Å². The molecule has 2 fully saturated rings. The van der Waals surface area contributed by atoms with Crippen LogP contribution >= 0.6 is 0 Å². The summed E-state index contributed by atoms with van der Waals surface area (Å²) >= 11 is 0. The molecular formula is C21H30N4O2. The summed E-state index contributed by atoms with van der Waals surface area (Å²) in [5.74, 6) is 0.411. The Hall–Kier alpha value is -2.24. The van der Waals surface area contributed by atoms with Gasteiger partial charge < -0.3 is 20.4 Å². The Morgan fingerprint density at radius 1 is 1.11 bits per heavy atom. The number of benzene rings is 1. The Morgan fingerprint density at radius 2 is 1.93 bits per heavy atom. The summed E-state index contributed by atoms with van der Waals surface area (Å²) in [6.07, 6.45) is 5.01. The summed E-state index contributed by atoms with van der Waals surface area (Å²) in [5, 5.41) is 6.21. The Morgan fingerprint density at radius 3 is 2.74 bits per heavy atom. The fourth-order valence-electron chi connectivity index (χ4n) is 4.26. The lowest BCUT2D eigenvalue weighted by molar-refractivity contribution is -0.126.